The van der Waals surface area contributed by atoms with Crippen LogP contribution in [-0.2, 0) is 17.4 Å². The minimum atomic E-state index is 0. The Morgan fingerprint density at radius 2 is 0.833 bits per heavy atom. The normalized spacial score (nSPS) is 1.00. The van der Waals surface area contributed by atoms with Crippen LogP contribution in [-0.4, -0.2) is 12.2 Å². The van der Waals surface area contributed by atoms with Crippen LogP contribution in [0.4, 0.5) is 0 Å². The summed E-state index contributed by atoms with van der Waals surface area (Å²) in [5, 5.41) is 7.00. The number of aliphatic hydroxyl groups is 1. The summed E-state index contributed by atoms with van der Waals surface area (Å²) in [6.45, 7) is 0. The molecule has 0 aromatic rings. The fourth-order valence-electron chi connectivity index (χ4n) is 0. The van der Waals surface area contributed by atoms with Gasteiger partial charge in [-0.3, -0.25) is 0 Å². The number of hydrogen-bond donors (Lipinski definition) is 1. The molecule has 0 unspecified atom stereocenters. The zero-order valence-corrected chi connectivity index (χ0v) is 6.80. The molecule has 44 valence electrons. The molecule has 0 atom stereocenters. The van der Waals surface area contributed by atoms with E-state index in [0.29, 0.717) is 0 Å². The van der Waals surface area contributed by atoms with Gasteiger partial charge in [0, 0.05) is 24.5 Å². The molecule has 1 N–H and O–H groups in total. The predicted molar refractivity (Wildman–Crippen MR) is 29.9 cm³/mol. The quantitative estimate of drug-likeness (QED) is 0.605. The molecule has 1 nitrogen and oxygen atoms in total. The van der Waals surface area contributed by atoms with Gasteiger partial charge in [0.2, 0.25) is 0 Å². The molecule has 5 heteroatoms. The summed E-state index contributed by atoms with van der Waals surface area (Å²) >= 11 is 0. The third kappa shape index (κ3) is 55.0. The summed E-state index contributed by atoms with van der Waals surface area (Å²) in [4.78, 5) is 0. The minimum Gasteiger partial charge on any atom is -0.400 e. The molecule has 0 aromatic carbocycles. The van der Waals surface area contributed by atoms with Gasteiger partial charge in [-0.25, -0.2) is 0 Å². The van der Waals surface area contributed by atoms with Crippen molar-refractivity contribution in [3.8, 4) is 0 Å². The summed E-state index contributed by atoms with van der Waals surface area (Å²) < 4.78 is 0. The molecule has 0 heterocycles. The van der Waals surface area contributed by atoms with Crippen molar-refractivity contribution in [1.29, 1.82) is 0 Å². The van der Waals surface area contributed by atoms with E-state index >= 15 is 0 Å². The largest absolute Gasteiger partial charge is 0.400 e. The number of rotatable bonds is 0. The molecular weight excluding hydrogens is 186 g/mol. The second-order valence-corrected chi connectivity index (χ2v) is 0. The van der Waals surface area contributed by atoms with E-state index in [-0.39, 0.29) is 54.6 Å². The Labute approximate surface area is 66.9 Å². The summed E-state index contributed by atoms with van der Waals surface area (Å²) in [6, 6.07) is 0. The Bertz CT molecular complexity index is 10.8. The van der Waals surface area contributed by atoms with Gasteiger partial charge in [-0.05, 0) is 0 Å². The maximum Gasteiger partial charge on any atom is 0.0319 e. The van der Waals surface area contributed by atoms with Crippen LogP contribution in [0, 0.1) is 0 Å². The van der Waals surface area contributed by atoms with Crippen LogP contribution < -0.4 is 0 Å². The van der Waals surface area contributed by atoms with Gasteiger partial charge in [0.25, 0.3) is 0 Å². The Kier molecular flexibility index (Phi) is 877. The number of hydrogen-bond acceptors (Lipinski definition) is 1. The Morgan fingerprint density at radius 1 is 0.833 bits per heavy atom. The van der Waals surface area contributed by atoms with E-state index in [1.54, 1.807) is 0 Å². The molecule has 0 aliphatic rings. The maximum absolute atomic E-state index is 7.00. The number of aliphatic hydroxyl groups excluding tert-OH is 1. The van der Waals surface area contributed by atoms with Crippen LogP contribution in [0.1, 0.15) is 0 Å². The number of halogens is 3. The van der Waals surface area contributed by atoms with Gasteiger partial charge in [0.1, 0.15) is 0 Å². The van der Waals surface area contributed by atoms with Gasteiger partial charge in [-0.15, -0.1) is 37.2 Å². The van der Waals surface area contributed by atoms with Crippen LogP contribution in [0.5, 0.6) is 0 Å². The molecule has 0 spiro atoms. The van der Waals surface area contributed by atoms with Gasteiger partial charge >= 0.3 is 0 Å². The Balaban J connectivity index is -0.000000000833. The van der Waals surface area contributed by atoms with Crippen molar-refractivity contribution in [2.45, 2.75) is 0 Å². The first-order valence-electron chi connectivity index (χ1n) is 0.447. The van der Waals surface area contributed by atoms with Crippen molar-refractivity contribution in [3.05, 3.63) is 0 Å². The molecular formula is CH7Cl3CrO. The van der Waals surface area contributed by atoms with Crippen LogP contribution in [0.3, 0.4) is 0 Å². The van der Waals surface area contributed by atoms with Crippen LogP contribution >= 0.6 is 37.2 Å². The molecule has 0 aromatic heterocycles. The molecule has 0 saturated heterocycles. The first-order chi connectivity index (χ1) is 1.00. The fourth-order valence-corrected chi connectivity index (χ4v) is 0. The zero-order chi connectivity index (χ0) is 2.00. The van der Waals surface area contributed by atoms with Crippen LogP contribution in [0.25, 0.3) is 0 Å². The van der Waals surface area contributed by atoms with Crippen molar-refractivity contribution in [3.63, 3.8) is 0 Å². The van der Waals surface area contributed by atoms with Crippen LogP contribution in [0.15, 0.2) is 0 Å². The SMILES string of the molecule is CO.Cl.Cl.Cl.[Cr]. The van der Waals surface area contributed by atoms with Gasteiger partial charge in [-0.2, -0.15) is 0 Å². The summed E-state index contributed by atoms with van der Waals surface area (Å²) in [6.07, 6.45) is 0. The second kappa shape index (κ2) is 98.6. The molecule has 0 aliphatic carbocycles. The summed E-state index contributed by atoms with van der Waals surface area (Å²) in [5.41, 5.74) is 0. The van der Waals surface area contributed by atoms with Crippen molar-refractivity contribution in [2.24, 2.45) is 0 Å². The molecule has 0 saturated carbocycles. The smallest absolute Gasteiger partial charge is 0.0319 e. The van der Waals surface area contributed by atoms with Gasteiger partial charge in [0.05, 0.1) is 0 Å². The molecule has 0 rings (SSSR count). The van der Waals surface area contributed by atoms with E-state index in [1.807, 2.05) is 0 Å². The van der Waals surface area contributed by atoms with Crippen molar-refractivity contribution < 1.29 is 22.5 Å². The van der Waals surface area contributed by atoms with Gasteiger partial charge in [0.15, 0.2) is 0 Å². The third-order valence-corrected chi connectivity index (χ3v) is 0. The first-order valence-corrected chi connectivity index (χ1v) is 0.447. The fraction of sp³-hybridized carbons (Fsp3) is 1.00. The molecule has 0 aliphatic heterocycles. The maximum atomic E-state index is 7.00. The van der Waals surface area contributed by atoms with E-state index in [2.05, 4.69) is 0 Å². The standard InChI is InChI=1S/CH4O.3ClH.Cr/c1-2;;;;/h2H,1H3;3*1H;. The molecule has 6 heavy (non-hydrogen) atoms. The Morgan fingerprint density at radius 3 is 0.833 bits per heavy atom. The van der Waals surface area contributed by atoms with E-state index in [4.69, 9.17) is 5.11 Å². The summed E-state index contributed by atoms with van der Waals surface area (Å²) in [7, 11) is 1.00. The topological polar surface area (TPSA) is 20.2 Å². The predicted octanol–water partition coefficient (Wildman–Crippen LogP) is 0.871. The third-order valence-electron chi connectivity index (χ3n) is 0. The van der Waals surface area contributed by atoms with Crippen molar-refractivity contribution >= 4 is 37.2 Å². The Hall–Kier alpha value is 1.36. The monoisotopic (exact) mass is 192 g/mol. The van der Waals surface area contributed by atoms with E-state index in [0.717, 1.165) is 7.11 Å². The van der Waals surface area contributed by atoms with E-state index in [9.17, 15) is 0 Å². The molecule has 0 bridgehead atoms. The van der Waals surface area contributed by atoms with Gasteiger partial charge < -0.3 is 5.11 Å². The van der Waals surface area contributed by atoms with Gasteiger partial charge in [-0.1, -0.05) is 0 Å². The first kappa shape index (κ1) is 53.4. The molecule has 0 radical (unpaired) electrons. The zero-order valence-electron chi connectivity index (χ0n) is 3.08. The second-order valence-electron chi connectivity index (χ2n) is 0. The van der Waals surface area contributed by atoms with Crippen molar-refractivity contribution in [2.75, 3.05) is 7.11 Å². The summed E-state index contributed by atoms with van der Waals surface area (Å²) in [5.74, 6) is 0. The van der Waals surface area contributed by atoms with E-state index in [1.165, 1.54) is 0 Å². The van der Waals surface area contributed by atoms with Crippen molar-refractivity contribution in [1.82, 2.24) is 0 Å². The molecule has 0 amide bonds. The average Bonchev–Trinajstić information content (AvgIpc) is 1.00. The minimum absolute atomic E-state index is 0. The molecule has 0 fully saturated rings. The van der Waals surface area contributed by atoms with Crippen LogP contribution in [0.2, 0.25) is 0 Å². The van der Waals surface area contributed by atoms with E-state index < -0.39 is 0 Å². The average molecular weight is 193 g/mol.